The molecule has 1 aromatic rings. The summed E-state index contributed by atoms with van der Waals surface area (Å²) in [5, 5.41) is 14.3. The standard InChI is InChI=1S/C13H18ClNO2/c1-8(15-10-4-5-10)13(16)11-7-9(14)3-6-12(11)17-2/h3,6-8,10,13,15-16H,4-5H2,1-2H3. The van der Waals surface area contributed by atoms with Crippen LogP contribution >= 0.6 is 11.6 Å². The van der Waals surface area contributed by atoms with Crippen LogP contribution in [0.5, 0.6) is 5.75 Å². The molecule has 4 heteroatoms. The Labute approximate surface area is 107 Å². The molecule has 2 N–H and O–H groups in total. The maximum Gasteiger partial charge on any atom is 0.124 e. The van der Waals surface area contributed by atoms with E-state index in [1.165, 1.54) is 12.8 Å². The number of aliphatic hydroxyl groups excluding tert-OH is 1. The topological polar surface area (TPSA) is 41.5 Å². The Morgan fingerprint density at radius 1 is 1.47 bits per heavy atom. The van der Waals surface area contributed by atoms with Crippen molar-refractivity contribution < 1.29 is 9.84 Å². The molecule has 17 heavy (non-hydrogen) atoms. The van der Waals surface area contributed by atoms with Gasteiger partial charge in [0, 0.05) is 22.7 Å². The second-order valence-electron chi connectivity index (χ2n) is 4.56. The summed E-state index contributed by atoms with van der Waals surface area (Å²) in [6.45, 7) is 1.98. The maximum atomic E-state index is 10.3. The normalized spacial score (nSPS) is 18.8. The van der Waals surface area contributed by atoms with Crippen LogP contribution in [0, 0.1) is 0 Å². The SMILES string of the molecule is COc1ccc(Cl)cc1C(O)C(C)NC1CC1. The summed E-state index contributed by atoms with van der Waals surface area (Å²) in [6, 6.07) is 5.86. The lowest BCUT2D eigenvalue weighted by atomic mass is 10.0. The summed E-state index contributed by atoms with van der Waals surface area (Å²) in [7, 11) is 1.60. The maximum absolute atomic E-state index is 10.3. The second kappa shape index (κ2) is 5.25. The fourth-order valence-electron chi connectivity index (χ4n) is 1.92. The molecule has 1 fully saturated rings. The fraction of sp³-hybridized carbons (Fsp3) is 0.538. The monoisotopic (exact) mass is 255 g/mol. The summed E-state index contributed by atoms with van der Waals surface area (Å²) < 4.78 is 5.25. The van der Waals surface area contributed by atoms with Crippen molar-refractivity contribution in [2.45, 2.75) is 38.0 Å². The van der Waals surface area contributed by atoms with Gasteiger partial charge < -0.3 is 15.2 Å². The van der Waals surface area contributed by atoms with Crippen molar-refractivity contribution in [2.75, 3.05) is 7.11 Å². The number of aliphatic hydroxyl groups is 1. The molecule has 2 atom stereocenters. The first-order valence-electron chi connectivity index (χ1n) is 5.89. The van der Waals surface area contributed by atoms with Gasteiger partial charge in [-0.05, 0) is 38.0 Å². The third-order valence-electron chi connectivity index (χ3n) is 3.06. The molecule has 0 saturated heterocycles. The van der Waals surface area contributed by atoms with E-state index in [-0.39, 0.29) is 6.04 Å². The summed E-state index contributed by atoms with van der Waals surface area (Å²) >= 11 is 5.95. The average molecular weight is 256 g/mol. The van der Waals surface area contributed by atoms with Crippen molar-refractivity contribution in [3.8, 4) is 5.75 Å². The van der Waals surface area contributed by atoms with Crippen LogP contribution in [0.25, 0.3) is 0 Å². The largest absolute Gasteiger partial charge is 0.496 e. The molecule has 1 aliphatic carbocycles. The highest BCUT2D eigenvalue weighted by Gasteiger charge is 2.27. The second-order valence-corrected chi connectivity index (χ2v) is 5.00. The number of rotatable bonds is 5. The van der Waals surface area contributed by atoms with Gasteiger partial charge in [-0.3, -0.25) is 0 Å². The zero-order valence-corrected chi connectivity index (χ0v) is 10.9. The Morgan fingerprint density at radius 3 is 2.76 bits per heavy atom. The van der Waals surface area contributed by atoms with Gasteiger partial charge in [-0.25, -0.2) is 0 Å². The van der Waals surface area contributed by atoms with Crippen molar-refractivity contribution in [3.63, 3.8) is 0 Å². The van der Waals surface area contributed by atoms with Gasteiger partial charge in [-0.2, -0.15) is 0 Å². The van der Waals surface area contributed by atoms with E-state index >= 15 is 0 Å². The van der Waals surface area contributed by atoms with Gasteiger partial charge in [0.25, 0.3) is 0 Å². The van der Waals surface area contributed by atoms with Crippen LogP contribution in [0.4, 0.5) is 0 Å². The number of halogens is 1. The van der Waals surface area contributed by atoms with Crippen LogP contribution in [0.2, 0.25) is 5.02 Å². The molecular weight excluding hydrogens is 238 g/mol. The Hall–Kier alpha value is -0.770. The first-order chi connectivity index (χ1) is 8.11. The molecule has 0 amide bonds. The minimum atomic E-state index is -0.607. The van der Waals surface area contributed by atoms with Gasteiger partial charge in [0.15, 0.2) is 0 Å². The van der Waals surface area contributed by atoms with Gasteiger partial charge in [0.05, 0.1) is 13.2 Å². The molecule has 0 spiro atoms. The van der Waals surface area contributed by atoms with E-state index in [1.807, 2.05) is 6.92 Å². The van der Waals surface area contributed by atoms with E-state index in [0.717, 1.165) is 5.56 Å². The molecule has 0 heterocycles. The molecular formula is C13H18ClNO2. The van der Waals surface area contributed by atoms with Gasteiger partial charge in [0.1, 0.15) is 5.75 Å². The van der Waals surface area contributed by atoms with Crippen molar-refractivity contribution in [1.82, 2.24) is 5.32 Å². The quantitative estimate of drug-likeness (QED) is 0.850. The number of methoxy groups -OCH3 is 1. The highest BCUT2D eigenvalue weighted by Crippen LogP contribution is 2.31. The summed E-state index contributed by atoms with van der Waals surface area (Å²) in [5.74, 6) is 0.673. The Morgan fingerprint density at radius 2 is 2.18 bits per heavy atom. The van der Waals surface area contributed by atoms with E-state index in [0.29, 0.717) is 16.8 Å². The lowest BCUT2D eigenvalue weighted by molar-refractivity contribution is 0.132. The molecule has 1 aromatic carbocycles. The summed E-state index contributed by atoms with van der Waals surface area (Å²) in [6.07, 6.45) is 1.79. The number of benzene rings is 1. The molecule has 2 rings (SSSR count). The van der Waals surface area contributed by atoms with Crippen LogP contribution in [0.15, 0.2) is 18.2 Å². The van der Waals surface area contributed by atoms with Crippen LogP contribution in [-0.2, 0) is 0 Å². The van der Waals surface area contributed by atoms with Crippen molar-refractivity contribution in [2.24, 2.45) is 0 Å². The lowest BCUT2D eigenvalue weighted by Gasteiger charge is -2.22. The molecule has 1 aliphatic rings. The van der Waals surface area contributed by atoms with Gasteiger partial charge in [0.2, 0.25) is 0 Å². The number of hydrogen-bond donors (Lipinski definition) is 2. The number of hydrogen-bond acceptors (Lipinski definition) is 3. The summed E-state index contributed by atoms with van der Waals surface area (Å²) in [4.78, 5) is 0. The van der Waals surface area contributed by atoms with Crippen LogP contribution < -0.4 is 10.1 Å². The number of nitrogens with one attached hydrogen (secondary N) is 1. The first kappa shape index (κ1) is 12.7. The van der Waals surface area contributed by atoms with E-state index in [2.05, 4.69) is 5.32 Å². The van der Waals surface area contributed by atoms with Gasteiger partial charge in [-0.15, -0.1) is 0 Å². The molecule has 0 bridgehead atoms. The molecule has 0 aromatic heterocycles. The van der Waals surface area contributed by atoms with Crippen LogP contribution in [0.1, 0.15) is 31.4 Å². The van der Waals surface area contributed by atoms with Crippen LogP contribution in [-0.4, -0.2) is 24.3 Å². The zero-order chi connectivity index (χ0) is 12.4. The van der Waals surface area contributed by atoms with Gasteiger partial charge in [-0.1, -0.05) is 11.6 Å². The lowest BCUT2D eigenvalue weighted by Crippen LogP contribution is -2.33. The zero-order valence-electron chi connectivity index (χ0n) is 10.1. The molecule has 3 nitrogen and oxygen atoms in total. The molecule has 2 unspecified atom stereocenters. The predicted molar refractivity (Wildman–Crippen MR) is 68.6 cm³/mol. The molecule has 0 radical (unpaired) electrons. The third kappa shape index (κ3) is 3.12. The van der Waals surface area contributed by atoms with Crippen molar-refractivity contribution in [1.29, 1.82) is 0 Å². The number of ether oxygens (including phenoxy) is 1. The average Bonchev–Trinajstić information content (AvgIpc) is 3.11. The first-order valence-corrected chi connectivity index (χ1v) is 6.27. The smallest absolute Gasteiger partial charge is 0.124 e. The van der Waals surface area contributed by atoms with E-state index in [1.54, 1.807) is 25.3 Å². The van der Waals surface area contributed by atoms with Crippen molar-refractivity contribution in [3.05, 3.63) is 28.8 Å². The summed E-state index contributed by atoms with van der Waals surface area (Å²) in [5.41, 5.74) is 0.737. The van der Waals surface area contributed by atoms with Crippen molar-refractivity contribution >= 4 is 11.6 Å². The Balaban J connectivity index is 2.15. The van der Waals surface area contributed by atoms with E-state index in [9.17, 15) is 5.11 Å². The predicted octanol–water partition coefficient (Wildman–Crippen LogP) is 2.52. The Kier molecular flexibility index (Phi) is 3.92. The minimum absolute atomic E-state index is 0.00475. The van der Waals surface area contributed by atoms with E-state index < -0.39 is 6.10 Å². The third-order valence-corrected chi connectivity index (χ3v) is 3.30. The molecule has 94 valence electrons. The minimum Gasteiger partial charge on any atom is -0.496 e. The molecule has 0 aliphatic heterocycles. The van der Waals surface area contributed by atoms with E-state index in [4.69, 9.17) is 16.3 Å². The fourth-order valence-corrected chi connectivity index (χ4v) is 2.10. The highest BCUT2D eigenvalue weighted by atomic mass is 35.5. The Bertz CT molecular complexity index is 393. The molecule has 1 saturated carbocycles. The van der Waals surface area contributed by atoms with Crippen LogP contribution in [0.3, 0.4) is 0 Å². The highest BCUT2D eigenvalue weighted by molar-refractivity contribution is 6.30. The van der Waals surface area contributed by atoms with Gasteiger partial charge >= 0.3 is 0 Å².